The predicted molar refractivity (Wildman–Crippen MR) is 117 cm³/mol. The van der Waals surface area contributed by atoms with Gasteiger partial charge in [-0.2, -0.15) is 4.98 Å². The summed E-state index contributed by atoms with van der Waals surface area (Å²) in [7, 11) is 0. The van der Waals surface area contributed by atoms with Crippen LogP contribution in [0.25, 0.3) is 22.8 Å². The molecule has 0 fully saturated rings. The highest BCUT2D eigenvalue weighted by Crippen LogP contribution is 2.46. The minimum absolute atomic E-state index is 0.0920. The zero-order valence-corrected chi connectivity index (χ0v) is 19.3. The van der Waals surface area contributed by atoms with Crippen LogP contribution in [0.4, 0.5) is 0 Å². The van der Waals surface area contributed by atoms with Crippen molar-refractivity contribution in [2.45, 2.75) is 7.59 Å². The first-order valence-corrected chi connectivity index (χ1v) is 10.5. The van der Waals surface area contributed by atoms with Gasteiger partial charge in [0.05, 0.1) is 0 Å². The molecule has 11 heteroatoms. The number of aromatic nitrogens is 1. The fourth-order valence-electron chi connectivity index (χ4n) is 2.72. The quantitative estimate of drug-likeness (QED) is 0.312. The molecule has 0 bridgehead atoms. The molecule has 0 unspecified atom stereocenters. The first kappa shape index (κ1) is 21.5. The van der Waals surface area contributed by atoms with Gasteiger partial charge in [0.1, 0.15) is 0 Å². The second-order valence-corrected chi connectivity index (χ2v) is 10.9. The summed E-state index contributed by atoms with van der Waals surface area (Å²) in [6.07, 6.45) is 0. The van der Waals surface area contributed by atoms with Gasteiger partial charge in [-0.15, -0.1) is 0 Å². The minimum Gasteiger partial charge on any atom is -0.454 e. The Bertz CT molecular complexity index is 1050. The number of hydrogen-bond acceptors (Lipinski definition) is 4. The summed E-state index contributed by atoms with van der Waals surface area (Å²) in [5.41, 5.74) is 1.62. The van der Waals surface area contributed by atoms with E-state index in [9.17, 15) is 0 Å². The zero-order valence-electron chi connectivity index (χ0n) is 14.0. The van der Waals surface area contributed by atoms with Gasteiger partial charge in [-0.05, 0) is 36.4 Å². The van der Waals surface area contributed by atoms with Gasteiger partial charge in [-0.25, -0.2) is 0 Å². The molecule has 29 heavy (non-hydrogen) atoms. The smallest absolute Gasteiger partial charge is 0.231 e. The predicted octanol–water partition coefficient (Wildman–Crippen LogP) is 8.04. The maximum atomic E-state index is 6.32. The Morgan fingerprint density at radius 1 is 0.759 bits per heavy atom. The molecule has 152 valence electrons. The van der Waals surface area contributed by atoms with Gasteiger partial charge in [0, 0.05) is 22.3 Å². The summed E-state index contributed by atoms with van der Waals surface area (Å²) in [5, 5.41) is 0.0920. The summed E-state index contributed by atoms with van der Waals surface area (Å²) in [6, 6.07) is 9.88. The Labute approximate surface area is 200 Å². The molecule has 0 amide bonds. The van der Waals surface area contributed by atoms with Gasteiger partial charge in [0.25, 0.3) is 0 Å². The molecule has 4 rings (SSSR count). The topological polar surface area (TPSA) is 44.5 Å². The third-order valence-corrected chi connectivity index (χ3v) is 5.62. The van der Waals surface area contributed by atoms with Crippen LogP contribution in [0.2, 0.25) is 5.15 Å². The maximum Gasteiger partial charge on any atom is 0.231 e. The Kier molecular flexibility index (Phi) is 5.75. The van der Waals surface area contributed by atoms with E-state index >= 15 is 0 Å². The van der Waals surface area contributed by atoms with E-state index in [4.69, 9.17) is 95.1 Å². The average molecular weight is 534 g/mol. The maximum absolute atomic E-state index is 6.32. The Hall–Kier alpha value is -0.720. The number of oxazole rings is 1. The Morgan fingerprint density at radius 3 is 2.00 bits per heavy atom. The second kappa shape index (κ2) is 7.76. The van der Waals surface area contributed by atoms with Crippen LogP contribution in [0, 0.1) is 0 Å². The zero-order chi connectivity index (χ0) is 21.0. The van der Waals surface area contributed by atoms with E-state index in [1.807, 2.05) is 0 Å². The van der Waals surface area contributed by atoms with Crippen LogP contribution in [-0.2, 0) is 7.59 Å². The molecule has 0 radical (unpaired) electrons. The Morgan fingerprint density at radius 2 is 1.38 bits per heavy atom. The van der Waals surface area contributed by atoms with E-state index < -0.39 is 7.59 Å². The highest BCUT2D eigenvalue weighted by atomic mass is 35.6. The lowest BCUT2D eigenvalue weighted by atomic mass is 10.1. The third kappa shape index (κ3) is 4.49. The number of alkyl halides is 6. The van der Waals surface area contributed by atoms with Crippen molar-refractivity contribution in [3.63, 3.8) is 0 Å². The fourth-order valence-corrected chi connectivity index (χ4v) is 3.60. The molecule has 1 aromatic heterocycles. The van der Waals surface area contributed by atoms with E-state index in [1.165, 1.54) is 6.07 Å². The number of fused-ring (bicyclic) bond motifs is 1. The molecule has 0 N–H and O–H groups in total. The lowest BCUT2D eigenvalue weighted by Gasteiger charge is -2.18. The van der Waals surface area contributed by atoms with E-state index in [0.29, 0.717) is 22.6 Å². The summed E-state index contributed by atoms with van der Waals surface area (Å²) in [4.78, 5) is 4.27. The largest absolute Gasteiger partial charge is 0.454 e. The van der Waals surface area contributed by atoms with Crippen molar-refractivity contribution in [2.75, 3.05) is 6.79 Å². The van der Waals surface area contributed by atoms with Crippen molar-refractivity contribution in [3.05, 3.63) is 52.7 Å². The molecule has 1 aliphatic rings. The van der Waals surface area contributed by atoms with Crippen molar-refractivity contribution in [1.82, 2.24) is 4.98 Å². The lowest BCUT2D eigenvalue weighted by Crippen LogP contribution is -2.06. The van der Waals surface area contributed by atoms with Crippen LogP contribution >= 0.6 is 81.2 Å². The van der Waals surface area contributed by atoms with Crippen molar-refractivity contribution in [3.8, 4) is 34.3 Å². The van der Waals surface area contributed by atoms with E-state index in [1.54, 1.807) is 30.3 Å². The lowest BCUT2D eigenvalue weighted by molar-refractivity contribution is 0.174. The van der Waals surface area contributed by atoms with Crippen LogP contribution < -0.4 is 9.47 Å². The summed E-state index contributed by atoms with van der Waals surface area (Å²) >= 11 is 42.5. The monoisotopic (exact) mass is 531 g/mol. The Balaban J connectivity index is 1.81. The van der Waals surface area contributed by atoms with Crippen LogP contribution in [0.1, 0.15) is 11.1 Å². The molecule has 0 saturated heterocycles. The third-order valence-electron chi connectivity index (χ3n) is 4.06. The van der Waals surface area contributed by atoms with Gasteiger partial charge in [-0.1, -0.05) is 81.2 Å². The first-order chi connectivity index (χ1) is 13.5. The molecular formula is C18H8Cl7NO3. The van der Waals surface area contributed by atoms with E-state index in [-0.39, 0.29) is 34.7 Å². The van der Waals surface area contributed by atoms with Gasteiger partial charge >= 0.3 is 0 Å². The van der Waals surface area contributed by atoms with Crippen molar-refractivity contribution in [2.24, 2.45) is 0 Å². The van der Waals surface area contributed by atoms with Crippen LogP contribution in [0.3, 0.4) is 0 Å². The normalized spacial score (nSPS) is 13.8. The molecule has 0 saturated carbocycles. The second-order valence-electron chi connectivity index (χ2n) is 6.00. The number of ether oxygens (including phenoxy) is 2. The van der Waals surface area contributed by atoms with E-state index in [2.05, 4.69) is 4.98 Å². The highest BCUT2D eigenvalue weighted by Gasteiger charge is 2.30. The number of benzene rings is 2. The van der Waals surface area contributed by atoms with E-state index in [0.717, 1.165) is 0 Å². The molecule has 2 heterocycles. The van der Waals surface area contributed by atoms with Gasteiger partial charge < -0.3 is 13.9 Å². The highest BCUT2D eigenvalue weighted by molar-refractivity contribution is 6.67. The van der Waals surface area contributed by atoms with Crippen molar-refractivity contribution in [1.29, 1.82) is 0 Å². The van der Waals surface area contributed by atoms with Gasteiger partial charge in [0.2, 0.25) is 20.3 Å². The van der Waals surface area contributed by atoms with Crippen molar-refractivity contribution < 1.29 is 13.9 Å². The van der Waals surface area contributed by atoms with Crippen LogP contribution in [0.15, 0.2) is 40.8 Å². The van der Waals surface area contributed by atoms with Crippen molar-refractivity contribution >= 4 is 81.2 Å². The average Bonchev–Trinajstić information content (AvgIpc) is 3.25. The standard InChI is InChI=1S/C18H8Cl7NO3/c19-15-14(9-3-10(17(20,21)22)6-11(4-9)18(23,24)25)29-16(26-15)8-1-2-12-13(5-8)28-7-27-12/h1-6H,7H2. The number of nitrogens with zero attached hydrogens (tertiary/aromatic N) is 1. The molecule has 4 nitrogen and oxygen atoms in total. The molecule has 0 atom stereocenters. The molecular weight excluding hydrogens is 526 g/mol. The number of rotatable bonds is 2. The molecule has 1 aliphatic heterocycles. The number of halogens is 7. The minimum atomic E-state index is -1.76. The fraction of sp³-hybridized carbons (Fsp3) is 0.167. The SMILES string of the molecule is Clc1nc(-c2ccc3c(c2)OCO3)oc1-c1cc(C(Cl)(Cl)Cl)cc(C(Cl)(Cl)Cl)c1. The molecule has 3 aromatic rings. The summed E-state index contributed by atoms with van der Waals surface area (Å²) < 4.78 is 13.0. The molecule has 2 aromatic carbocycles. The van der Waals surface area contributed by atoms with Gasteiger partial charge in [0.15, 0.2) is 22.4 Å². The first-order valence-electron chi connectivity index (χ1n) is 7.88. The summed E-state index contributed by atoms with van der Waals surface area (Å²) in [6.45, 7) is 0.153. The van der Waals surface area contributed by atoms with Crippen LogP contribution in [-0.4, -0.2) is 11.8 Å². The number of hydrogen-bond donors (Lipinski definition) is 0. The molecule has 0 aliphatic carbocycles. The van der Waals surface area contributed by atoms with Crippen LogP contribution in [0.5, 0.6) is 11.5 Å². The van der Waals surface area contributed by atoms with Gasteiger partial charge in [-0.3, -0.25) is 0 Å². The summed E-state index contributed by atoms with van der Waals surface area (Å²) in [5.74, 6) is 1.70. The molecule has 0 spiro atoms.